The van der Waals surface area contributed by atoms with Crippen molar-refractivity contribution in [1.82, 2.24) is 4.90 Å². The van der Waals surface area contributed by atoms with E-state index in [1.54, 1.807) is 11.8 Å². The molecule has 2 fully saturated rings. The van der Waals surface area contributed by atoms with Crippen LogP contribution in [0.1, 0.15) is 37.2 Å². The van der Waals surface area contributed by atoms with Crippen LogP contribution in [-0.4, -0.2) is 35.2 Å². The number of nitrogens with zero attached hydrogens (tertiary/aromatic N) is 1. The third-order valence-corrected chi connectivity index (χ3v) is 7.60. The fourth-order valence-corrected chi connectivity index (χ4v) is 6.12. The van der Waals surface area contributed by atoms with Crippen LogP contribution in [-0.2, 0) is 4.79 Å². The highest BCUT2D eigenvalue weighted by Crippen LogP contribution is 2.47. The van der Waals surface area contributed by atoms with E-state index in [2.05, 4.69) is 53.4 Å². The number of rotatable bonds is 5. The van der Waals surface area contributed by atoms with Gasteiger partial charge in [0.25, 0.3) is 0 Å². The van der Waals surface area contributed by atoms with E-state index in [-0.39, 0.29) is 17.2 Å². The van der Waals surface area contributed by atoms with Crippen molar-refractivity contribution in [2.24, 2.45) is 11.7 Å². The molecule has 3 nitrogen and oxygen atoms in total. The Morgan fingerprint density at radius 1 is 1.00 bits per heavy atom. The van der Waals surface area contributed by atoms with Crippen LogP contribution in [0.4, 0.5) is 0 Å². The number of benzene rings is 2. The first-order valence-corrected chi connectivity index (χ1v) is 10.8. The zero-order valence-corrected chi connectivity index (χ0v) is 17.8. The van der Waals surface area contributed by atoms with Crippen molar-refractivity contribution >= 4 is 30.1 Å². The molecule has 1 saturated heterocycles. The van der Waals surface area contributed by atoms with Gasteiger partial charge in [-0.3, -0.25) is 4.79 Å². The normalized spacial score (nSPS) is 23.4. The summed E-state index contributed by atoms with van der Waals surface area (Å²) in [6.07, 6.45) is 4.24. The molecule has 5 heteroatoms. The van der Waals surface area contributed by atoms with Gasteiger partial charge in [0.2, 0.25) is 5.91 Å². The van der Waals surface area contributed by atoms with Crippen molar-refractivity contribution in [3.8, 4) is 0 Å². The summed E-state index contributed by atoms with van der Waals surface area (Å²) in [5.74, 6) is 1.02. The summed E-state index contributed by atoms with van der Waals surface area (Å²) in [4.78, 5) is 17.0. The van der Waals surface area contributed by atoms with E-state index in [0.29, 0.717) is 24.3 Å². The third-order valence-electron chi connectivity index (χ3n) is 6.12. The highest BCUT2D eigenvalue weighted by atomic mass is 35.5. The molecule has 4 rings (SSSR count). The maximum atomic E-state index is 13.7. The highest BCUT2D eigenvalue weighted by Gasteiger charge is 2.47. The lowest BCUT2D eigenvalue weighted by Gasteiger charge is -2.32. The molecule has 1 amide bonds. The van der Waals surface area contributed by atoms with Crippen molar-refractivity contribution in [1.29, 1.82) is 0 Å². The van der Waals surface area contributed by atoms with Gasteiger partial charge in [0.15, 0.2) is 0 Å². The lowest BCUT2D eigenvalue weighted by atomic mass is 9.89. The van der Waals surface area contributed by atoms with Gasteiger partial charge in [-0.15, -0.1) is 24.2 Å². The molecule has 2 aliphatic rings. The summed E-state index contributed by atoms with van der Waals surface area (Å²) in [5.41, 5.74) is 7.40. The summed E-state index contributed by atoms with van der Waals surface area (Å²) < 4.78 is -0.300. The standard InChI is InChI=1S/C23H28N2OS.ClH/c24-15-19-16-25(17-21(19)18-9-3-1-4-10-18)22(26)23(13-7-8-14-23)27-20-11-5-2-6-12-20;/h1-6,9-12,19,21H,7-8,13-17,24H2;1H/t19-,21+;/m1./s1. The van der Waals surface area contributed by atoms with Crippen molar-refractivity contribution in [2.45, 2.75) is 41.2 Å². The number of carbonyl (C=O) groups is 1. The summed E-state index contributed by atoms with van der Waals surface area (Å²) in [7, 11) is 0. The van der Waals surface area contributed by atoms with E-state index in [1.807, 2.05) is 12.1 Å². The maximum absolute atomic E-state index is 13.7. The molecule has 0 spiro atoms. The predicted octanol–water partition coefficient (Wildman–Crippen LogP) is 4.71. The van der Waals surface area contributed by atoms with E-state index in [1.165, 1.54) is 10.5 Å². The molecule has 0 unspecified atom stereocenters. The highest BCUT2D eigenvalue weighted by molar-refractivity contribution is 8.01. The van der Waals surface area contributed by atoms with Crippen LogP contribution >= 0.6 is 24.2 Å². The molecular weight excluding hydrogens is 388 g/mol. The fraction of sp³-hybridized carbons (Fsp3) is 0.435. The van der Waals surface area contributed by atoms with Gasteiger partial charge in [-0.1, -0.05) is 61.4 Å². The number of likely N-dealkylation sites (tertiary alicyclic amines) is 1. The van der Waals surface area contributed by atoms with Crippen molar-refractivity contribution in [3.05, 3.63) is 66.2 Å². The Balaban J connectivity index is 0.00000225. The minimum Gasteiger partial charge on any atom is -0.341 e. The van der Waals surface area contributed by atoms with E-state index in [9.17, 15) is 4.79 Å². The number of carbonyl (C=O) groups excluding carboxylic acids is 1. The smallest absolute Gasteiger partial charge is 0.239 e. The molecule has 2 aromatic rings. The second-order valence-electron chi connectivity index (χ2n) is 7.84. The number of nitrogens with two attached hydrogens (primary N) is 1. The molecular formula is C23H29ClN2OS. The first-order valence-electron chi connectivity index (χ1n) is 10.0. The van der Waals surface area contributed by atoms with Crippen molar-refractivity contribution in [2.75, 3.05) is 19.6 Å². The van der Waals surface area contributed by atoms with Crippen LogP contribution in [0.25, 0.3) is 0 Å². The van der Waals surface area contributed by atoms with Gasteiger partial charge in [0.05, 0.1) is 4.75 Å². The van der Waals surface area contributed by atoms with Gasteiger partial charge in [-0.05, 0) is 43.0 Å². The van der Waals surface area contributed by atoms with Crippen LogP contribution < -0.4 is 5.73 Å². The minimum atomic E-state index is -0.300. The summed E-state index contributed by atoms with van der Waals surface area (Å²) >= 11 is 1.78. The number of amides is 1. The van der Waals surface area contributed by atoms with Crippen LogP contribution in [0, 0.1) is 5.92 Å². The quantitative estimate of drug-likeness (QED) is 0.767. The van der Waals surface area contributed by atoms with Crippen molar-refractivity contribution < 1.29 is 4.79 Å². The fourth-order valence-electron chi connectivity index (χ4n) is 4.66. The SMILES string of the molecule is Cl.NC[C@@H]1CN(C(=O)C2(Sc3ccccc3)CCCC2)C[C@H]1c1ccccc1. The first-order chi connectivity index (χ1) is 13.2. The lowest BCUT2D eigenvalue weighted by Crippen LogP contribution is -2.44. The zero-order valence-electron chi connectivity index (χ0n) is 16.1. The molecule has 0 aromatic heterocycles. The lowest BCUT2D eigenvalue weighted by molar-refractivity contribution is -0.132. The Morgan fingerprint density at radius 3 is 2.21 bits per heavy atom. The average Bonchev–Trinajstić information content (AvgIpc) is 3.37. The Labute approximate surface area is 178 Å². The molecule has 2 atom stereocenters. The van der Waals surface area contributed by atoms with Gasteiger partial charge in [0, 0.05) is 23.9 Å². The van der Waals surface area contributed by atoms with Gasteiger partial charge in [0.1, 0.15) is 0 Å². The molecule has 0 radical (unpaired) electrons. The molecule has 1 heterocycles. The topological polar surface area (TPSA) is 46.3 Å². The Morgan fingerprint density at radius 2 is 1.61 bits per heavy atom. The molecule has 2 aromatic carbocycles. The van der Waals surface area contributed by atoms with Gasteiger partial charge in [-0.2, -0.15) is 0 Å². The Bertz CT molecular complexity index is 765. The third kappa shape index (κ3) is 4.24. The summed E-state index contributed by atoms with van der Waals surface area (Å²) in [6.45, 7) is 2.20. The number of hydrogen-bond acceptors (Lipinski definition) is 3. The molecule has 28 heavy (non-hydrogen) atoms. The van der Waals surface area contributed by atoms with E-state index in [4.69, 9.17) is 5.73 Å². The molecule has 1 aliphatic heterocycles. The summed E-state index contributed by atoms with van der Waals surface area (Å²) in [5, 5.41) is 0. The van der Waals surface area contributed by atoms with Gasteiger partial charge >= 0.3 is 0 Å². The van der Waals surface area contributed by atoms with Gasteiger partial charge < -0.3 is 10.6 Å². The second-order valence-corrected chi connectivity index (χ2v) is 9.30. The molecule has 1 saturated carbocycles. The van der Waals surface area contributed by atoms with Crippen LogP contribution in [0.5, 0.6) is 0 Å². The van der Waals surface area contributed by atoms with E-state index >= 15 is 0 Å². The van der Waals surface area contributed by atoms with Gasteiger partial charge in [-0.25, -0.2) is 0 Å². The minimum absolute atomic E-state index is 0. The van der Waals surface area contributed by atoms with E-state index in [0.717, 1.165) is 38.8 Å². The molecule has 150 valence electrons. The molecule has 0 bridgehead atoms. The average molecular weight is 417 g/mol. The van der Waals surface area contributed by atoms with Crippen LogP contribution in [0.2, 0.25) is 0 Å². The number of halogens is 1. The zero-order chi connectivity index (χ0) is 18.7. The van der Waals surface area contributed by atoms with Crippen molar-refractivity contribution in [3.63, 3.8) is 0 Å². The molecule has 1 aliphatic carbocycles. The van der Waals surface area contributed by atoms with Crippen LogP contribution in [0.3, 0.4) is 0 Å². The Hall–Kier alpha value is -1.49. The van der Waals surface area contributed by atoms with E-state index < -0.39 is 0 Å². The Kier molecular flexibility index (Phi) is 7.08. The number of thioether (sulfide) groups is 1. The first kappa shape index (κ1) is 21.2. The second kappa shape index (κ2) is 9.34. The predicted molar refractivity (Wildman–Crippen MR) is 119 cm³/mol. The maximum Gasteiger partial charge on any atom is 0.239 e. The summed E-state index contributed by atoms with van der Waals surface area (Å²) in [6, 6.07) is 20.9. The largest absolute Gasteiger partial charge is 0.341 e. The number of hydrogen-bond donors (Lipinski definition) is 1. The monoisotopic (exact) mass is 416 g/mol. The van der Waals surface area contributed by atoms with Crippen LogP contribution in [0.15, 0.2) is 65.6 Å². The molecule has 2 N–H and O–H groups in total.